The molecule has 2 aromatic heterocycles. The van der Waals surface area contributed by atoms with Crippen LogP contribution in [0.2, 0.25) is 0 Å². The van der Waals surface area contributed by atoms with Gasteiger partial charge in [0.2, 0.25) is 0 Å². The molecule has 0 radical (unpaired) electrons. The molecule has 0 aliphatic carbocycles. The van der Waals surface area contributed by atoms with E-state index in [1.54, 1.807) is 11.3 Å². The number of nitrogens with one attached hydrogen (secondary N) is 1. The molecule has 0 amide bonds. The van der Waals surface area contributed by atoms with Crippen molar-refractivity contribution in [2.24, 2.45) is 0 Å². The number of halogens is 1. The van der Waals surface area contributed by atoms with Crippen molar-refractivity contribution in [1.82, 2.24) is 10.2 Å². The number of hydrogen-bond acceptors (Lipinski definition) is 3. The number of nitrogen functional groups attached to an aromatic ring is 1. The van der Waals surface area contributed by atoms with Crippen molar-refractivity contribution in [2.45, 2.75) is 6.92 Å². The summed E-state index contributed by atoms with van der Waals surface area (Å²) >= 11 is 1.58. The Balaban J connectivity index is 2.21. The van der Waals surface area contributed by atoms with Gasteiger partial charge in [0.1, 0.15) is 5.82 Å². The normalized spacial score (nSPS) is 10.8. The molecule has 96 valence electrons. The number of rotatable bonds is 2. The number of benzene rings is 1. The first-order valence-corrected chi connectivity index (χ1v) is 6.68. The van der Waals surface area contributed by atoms with E-state index in [9.17, 15) is 4.39 Å². The Morgan fingerprint density at radius 2 is 2.16 bits per heavy atom. The Hall–Kier alpha value is -2.14. The number of nitrogens with zero attached hydrogens (tertiary/aromatic N) is 1. The Morgan fingerprint density at radius 3 is 2.84 bits per heavy atom. The van der Waals surface area contributed by atoms with Crippen LogP contribution in [0.3, 0.4) is 0 Å². The lowest BCUT2D eigenvalue weighted by molar-refractivity contribution is 0.627. The number of aromatic nitrogens is 2. The van der Waals surface area contributed by atoms with E-state index in [0.717, 1.165) is 27.3 Å². The van der Waals surface area contributed by atoms with Crippen molar-refractivity contribution in [3.8, 4) is 21.7 Å². The van der Waals surface area contributed by atoms with Crippen LogP contribution in [0.15, 0.2) is 35.7 Å². The van der Waals surface area contributed by atoms with Gasteiger partial charge in [0.25, 0.3) is 0 Å². The summed E-state index contributed by atoms with van der Waals surface area (Å²) in [5.41, 5.74) is 9.12. The largest absolute Gasteiger partial charge is 0.382 e. The highest BCUT2D eigenvalue weighted by atomic mass is 32.1. The van der Waals surface area contributed by atoms with Gasteiger partial charge in [-0.1, -0.05) is 6.07 Å². The van der Waals surface area contributed by atoms with Crippen molar-refractivity contribution in [2.75, 3.05) is 5.73 Å². The summed E-state index contributed by atoms with van der Waals surface area (Å²) in [7, 11) is 0. The number of aryl methyl sites for hydroxylation is 1. The maximum Gasteiger partial charge on any atom is 0.154 e. The molecule has 0 aliphatic heterocycles. The first kappa shape index (κ1) is 11.9. The van der Waals surface area contributed by atoms with Crippen molar-refractivity contribution in [3.05, 3.63) is 47.1 Å². The van der Waals surface area contributed by atoms with Crippen LogP contribution in [0.5, 0.6) is 0 Å². The molecule has 0 saturated heterocycles. The second kappa shape index (κ2) is 4.51. The lowest BCUT2D eigenvalue weighted by atomic mass is 10.0. The Kier molecular flexibility index (Phi) is 2.83. The molecule has 0 unspecified atom stereocenters. The standard InChI is InChI=1S/C14H12FN3S/c1-8-5-9(7-10(15)6-8)13-12(14(16)18-17-13)11-3-2-4-19-11/h2-7H,1H3,(H3,16,17,18). The summed E-state index contributed by atoms with van der Waals surface area (Å²) < 4.78 is 13.5. The molecule has 0 fully saturated rings. The van der Waals surface area contributed by atoms with E-state index in [0.29, 0.717) is 5.82 Å². The number of H-pyrrole nitrogens is 1. The fraction of sp³-hybridized carbons (Fsp3) is 0.0714. The van der Waals surface area contributed by atoms with E-state index >= 15 is 0 Å². The second-order valence-electron chi connectivity index (χ2n) is 4.35. The van der Waals surface area contributed by atoms with Crippen LogP contribution in [0.25, 0.3) is 21.7 Å². The summed E-state index contributed by atoms with van der Waals surface area (Å²) in [4.78, 5) is 1.02. The van der Waals surface area contributed by atoms with E-state index in [4.69, 9.17) is 5.73 Å². The smallest absolute Gasteiger partial charge is 0.154 e. The van der Waals surface area contributed by atoms with E-state index in [1.807, 2.05) is 30.5 Å². The van der Waals surface area contributed by atoms with Gasteiger partial charge in [0.05, 0.1) is 11.3 Å². The van der Waals surface area contributed by atoms with Gasteiger partial charge in [0, 0.05) is 10.4 Å². The fourth-order valence-electron chi connectivity index (χ4n) is 2.12. The van der Waals surface area contributed by atoms with Crippen LogP contribution in [-0.2, 0) is 0 Å². The highest BCUT2D eigenvalue weighted by molar-refractivity contribution is 7.13. The topological polar surface area (TPSA) is 54.7 Å². The van der Waals surface area contributed by atoms with Crippen molar-refractivity contribution in [3.63, 3.8) is 0 Å². The maximum absolute atomic E-state index is 13.5. The molecule has 3 aromatic rings. The van der Waals surface area contributed by atoms with Gasteiger partial charge in [-0.2, -0.15) is 5.10 Å². The second-order valence-corrected chi connectivity index (χ2v) is 5.30. The molecule has 19 heavy (non-hydrogen) atoms. The highest BCUT2D eigenvalue weighted by Gasteiger charge is 2.16. The van der Waals surface area contributed by atoms with Crippen molar-refractivity contribution in [1.29, 1.82) is 0 Å². The van der Waals surface area contributed by atoms with Crippen LogP contribution in [0, 0.1) is 12.7 Å². The van der Waals surface area contributed by atoms with Gasteiger partial charge in [-0.05, 0) is 42.1 Å². The molecule has 5 heteroatoms. The molecule has 2 heterocycles. The quantitative estimate of drug-likeness (QED) is 0.745. The van der Waals surface area contributed by atoms with E-state index < -0.39 is 0 Å². The third-order valence-electron chi connectivity index (χ3n) is 2.89. The van der Waals surface area contributed by atoms with Crippen LogP contribution >= 0.6 is 11.3 Å². The summed E-state index contributed by atoms with van der Waals surface area (Å²) in [6.07, 6.45) is 0. The van der Waals surface area contributed by atoms with E-state index in [-0.39, 0.29) is 5.82 Å². The number of hydrogen-bond donors (Lipinski definition) is 2. The molecule has 0 spiro atoms. The third kappa shape index (κ3) is 2.13. The predicted octanol–water partition coefficient (Wildman–Crippen LogP) is 3.83. The average molecular weight is 273 g/mol. The number of anilines is 1. The zero-order valence-electron chi connectivity index (χ0n) is 10.3. The first-order valence-electron chi connectivity index (χ1n) is 5.80. The minimum absolute atomic E-state index is 0.264. The van der Waals surface area contributed by atoms with Crippen molar-refractivity contribution < 1.29 is 4.39 Å². The minimum Gasteiger partial charge on any atom is -0.382 e. The van der Waals surface area contributed by atoms with Gasteiger partial charge in [-0.15, -0.1) is 11.3 Å². The molecular weight excluding hydrogens is 261 g/mol. The SMILES string of the molecule is Cc1cc(F)cc(-c2[nH]nc(N)c2-c2cccs2)c1. The Labute approximate surface area is 113 Å². The third-order valence-corrected chi connectivity index (χ3v) is 3.78. The number of aromatic amines is 1. The predicted molar refractivity (Wildman–Crippen MR) is 76.4 cm³/mol. The lowest BCUT2D eigenvalue weighted by Gasteiger charge is -2.04. The molecule has 3 rings (SSSR count). The van der Waals surface area contributed by atoms with Gasteiger partial charge in [-0.3, -0.25) is 5.10 Å². The number of nitrogens with two attached hydrogens (primary N) is 1. The summed E-state index contributed by atoms with van der Waals surface area (Å²) in [5.74, 6) is 0.166. The number of thiophene rings is 1. The monoisotopic (exact) mass is 273 g/mol. The van der Waals surface area contributed by atoms with E-state index in [1.165, 1.54) is 12.1 Å². The Bertz CT molecular complexity index is 696. The fourth-order valence-corrected chi connectivity index (χ4v) is 2.90. The molecule has 0 atom stereocenters. The molecule has 0 saturated carbocycles. The first-order chi connectivity index (χ1) is 9.15. The molecule has 1 aromatic carbocycles. The molecule has 0 aliphatic rings. The molecule has 0 bridgehead atoms. The molecular formula is C14H12FN3S. The van der Waals surface area contributed by atoms with Gasteiger partial charge in [0.15, 0.2) is 5.82 Å². The van der Waals surface area contributed by atoms with Gasteiger partial charge < -0.3 is 5.73 Å². The van der Waals surface area contributed by atoms with E-state index in [2.05, 4.69) is 10.2 Å². The maximum atomic E-state index is 13.5. The van der Waals surface area contributed by atoms with Gasteiger partial charge >= 0.3 is 0 Å². The van der Waals surface area contributed by atoms with Crippen LogP contribution in [0.4, 0.5) is 10.2 Å². The summed E-state index contributed by atoms with van der Waals surface area (Å²) in [6, 6.07) is 8.81. The highest BCUT2D eigenvalue weighted by Crippen LogP contribution is 2.37. The minimum atomic E-state index is -0.264. The lowest BCUT2D eigenvalue weighted by Crippen LogP contribution is -1.88. The zero-order chi connectivity index (χ0) is 13.4. The Morgan fingerprint density at radius 1 is 1.32 bits per heavy atom. The summed E-state index contributed by atoms with van der Waals surface area (Å²) in [5, 5.41) is 8.92. The van der Waals surface area contributed by atoms with Gasteiger partial charge in [-0.25, -0.2) is 4.39 Å². The molecule has 3 nitrogen and oxygen atoms in total. The average Bonchev–Trinajstić information content (AvgIpc) is 2.96. The zero-order valence-corrected chi connectivity index (χ0v) is 11.1. The molecule has 3 N–H and O–H groups in total. The summed E-state index contributed by atoms with van der Waals surface area (Å²) in [6.45, 7) is 1.86. The van der Waals surface area contributed by atoms with Crippen LogP contribution in [-0.4, -0.2) is 10.2 Å². The van der Waals surface area contributed by atoms with Crippen molar-refractivity contribution >= 4 is 17.2 Å². The van der Waals surface area contributed by atoms with Crippen LogP contribution < -0.4 is 5.73 Å². The van der Waals surface area contributed by atoms with Crippen LogP contribution in [0.1, 0.15) is 5.56 Å².